The normalized spacial score (nSPS) is 13.5. The minimum absolute atomic E-state index is 0.208. The number of nitrogens with one attached hydrogen (secondary N) is 1. The van der Waals surface area contributed by atoms with Gasteiger partial charge in [-0.15, -0.1) is 0 Å². The van der Waals surface area contributed by atoms with Crippen LogP contribution in [0.4, 0.5) is 10.1 Å². The lowest BCUT2D eigenvalue weighted by molar-refractivity contribution is 0.100. The zero-order valence-corrected chi connectivity index (χ0v) is 11.8. The van der Waals surface area contributed by atoms with Crippen LogP contribution in [0.25, 0.3) is 0 Å². The smallest absolute Gasteiger partial charge is 0.250 e. The number of aliphatic hydroxyl groups excluding tert-OH is 1. The SMILES string of the molecule is C=C(CCC(O)=C1CCC1)Nc1cc(F)ccc1C(N)=O. The molecule has 0 bridgehead atoms. The van der Waals surface area contributed by atoms with Crippen molar-refractivity contribution in [2.45, 2.75) is 32.1 Å². The van der Waals surface area contributed by atoms with E-state index in [9.17, 15) is 14.3 Å². The molecule has 1 saturated carbocycles. The molecule has 0 spiro atoms. The number of aliphatic hydroxyl groups is 1. The highest BCUT2D eigenvalue weighted by Crippen LogP contribution is 2.30. The third-order valence-electron chi connectivity index (χ3n) is 3.59. The summed E-state index contributed by atoms with van der Waals surface area (Å²) in [5.41, 5.74) is 7.45. The van der Waals surface area contributed by atoms with Crippen LogP contribution in [-0.2, 0) is 0 Å². The van der Waals surface area contributed by atoms with Gasteiger partial charge in [0.15, 0.2) is 0 Å². The summed E-state index contributed by atoms with van der Waals surface area (Å²) >= 11 is 0. The van der Waals surface area contributed by atoms with Crippen molar-refractivity contribution in [3.8, 4) is 0 Å². The molecule has 1 aliphatic rings. The second-order valence-electron chi connectivity index (χ2n) is 5.19. The number of allylic oxidation sites excluding steroid dienone is 3. The van der Waals surface area contributed by atoms with E-state index in [-0.39, 0.29) is 5.56 Å². The maximum atomic E-state index is 13.3. The predicted octanol–water partition coefficient (Wildman–Crippen LogP) is 3.63. The average Bonchev–Trinajstić information content (AvgIpc) is 2.34. The fraction of sp³-hybridized carbons (Fsp3) is 0.312. The Morgan fingerprint density at radius 3 is 2.67 bits per heavy atom. The van der Waals surface area contributed by atoms with Crippen molar-refractivity contribution in [3.63, 3.8) is 0 Å². The minimum atomic E-state index is -0.635. The molecule has 1 aromatic rings. The van der Waals surface area contributed by atoms with Gasteiger partial charge in [0.25, 0.3) is 5.91 Å². The summed E-state index contributed by atoms with van der Waals surface area (Å²) in [5, 5.41) is 12.7. The molecule has 1 amide bonds. The summed E-state index contributed by atoms with van der Waals surface area (Å²) in [5.74, 6) is -0.682. The van der Waals surface area contributed by atoms with Crippen molar-refractivity contribution in [2.75, 3.05) is 5.32 Å². The Labute approximate surface area is 123 Å². The van der Waals surface area contributed by atoms with Gasteiger partial charge in [-0.3, -0.25) is 4.79 Å². The third-order valence-corrected chi connectivity index (χ3v) is 3.59. The Morgan fingerprint density at radius 1 is 1.38 bits per heavy atom. The van der Waals surface area contributed by atoms with E-state index >= 15 is 0 Å². The summed E-state index contributed by atoms with van der Waals surface area (Å²) in [7, 11) is 0. The number of nitrogens with two attached hydrogens (primary N) is 1. The molecule has 1 aromatic carbocycles. The lowest BCUT2D eigenvalue weighted by atomic mass is 9.90. The Kier molecular flexibility index (Phi) is 4.62. The van der Waals surface area contributed by atoms with Crippen LogP contribution in [0.3, 0.4) is 0 Å². The number of hydrogen-bond donors (Lipinski definition) is 3. The van der Waals surface area contributed by atoms with Crippen molar-refractivity contribution < 1.29 is 14.3 Å². The Bertz CT molecular complexity index is 602. The fourth-order valence-corrected chi connectivity index (χ4v) is 2.18. The number of rotatable bonds is 6. The lowest BCUT2D eigenvalue weighted by Gasteiger charge is -2.19. The van der Waals surface area contributed by atoms with Crippen LogP contribution < -0.4 is 11.1 Å². The van der Waals surface area contributed by atoms with Crippen molar-refractivity contribution in [3.05, 3.63) is 53.2 Å². The Morgan fingerprint density at radius 2 is 2.10 bits per heavy atom. The predicted molar refractivity (Wildman–Crippen MR) is 80.4 cm³/mol. The van der Waals surface area contributed by atoms with Crippen LogP contribution in [-0.4, -0.2) is 11.0 Å². The van der Waals surface area contributed by atoms with Gasteiger partial charge in [0.05, 0.1) is 17.0 Å². The monoisotopic (exact) mass is 290 g/mol. The number of halogens is 1. The van der Waals surface area contributed by atoms with Crippen LogP contribution in [0, 0.1) is 5.82 Å². The summed E-state index contributed by atoms with van der Waals surface area (Å²) in [6.07, 6.45) is 4.04. The van der Waals surface area contributed by atoms with Crippen molar-refractivity contribution >= 4 is 11.6 Å². The van der Waals surface area contributed by atoms with Gasteiger partial charge in [-0.25, -0.2) is 4.39 Å². The van der Waals surface area contributed by atoms with Gasteiger partial charge in [0.2, 0.25) is 0 Å². The number of carbonyl (C=O) groups excluding carboxylic acids is 1. The molecule has 0 aromatic heterocycles. The van der Waals surface area contributed by atoms with Crippen LogP contribution >= 0.6 is 0 Å². The van der Waals surface area contributed by atoms with Crippen molar-refractivity contribution in [1.82, 2.24) is 0 Å². The van der Waals surface area contributed by atoms with Crippen LogP contribution in [0.15, 0.2) is 41.8 Å². The molecule has 0 saturated heterocycles. The molecule has 0 unspecified atom stereocenters. The molecule has 0 atom stereocenters. The second-order valence-corrected chi connectivity index (χ2v) is 5.19. The van der Waals surface area contributed by atoms with Gasteiger partial charge in [-0.1, -0.05) is 6.58 Å². The van der Waals surface area contributed by atoms with Gasteiger partial charge < -0.3 is 16.2 Å². The molecule has 4 N–H and O–H groups in total. The molecular weight excluding hydrogens is 271 g/mol. The first kappa shape index (κ1) is 15.1. The first-order chi connectivity index (χ1) is 9.97. The number of amides is 1. The molecule has 2 rings (SSSR count). The summed E-state index contributed by atoms with van der Waals surface area (Å²) in [6, 6.07) is 3.72. The first-order valence-electron chi connectivity index (χ1n) is 6.91. The van der Waals surface area contributed by atoms with Gasteiger partial charge in [-0.2, -0.15) is 0 Å². The van der Waals surface area contributed by atoms with Crippen LogP contribution in [0.5, 0.6) is 0 Å². The quantitative estimate of drug-likeness (QED) is 0.700. The molecule has 0 aliphatic heterocycles. The molecule has 5 heteroatoms. The van der Waals surface area contributed by atoms with E-state index in [1.54, 1.807) is 0 Å². The van der Waals surface area contributed by atoms with Crippen molar-refractivity contribution in [1.29, 1.82) is 0 Å². The van der Waals surface area contributed by atoms with Gasteiger partial charge in [0, 0.05) is 12.1 Å². The topological polar surface area (TPSA) is 75.3 Å². The van der Waals surface area contributed by atoms with E-state index in [0.29, 0.717) is 30.0 Å². The number of hydrogen-bond acceptors (Lipinski definition) is 3. The molecular formula is C16H19FN2O2. The highest BCUT2D eigenvalue weighted by molar-refractivity contribution is 5.98. The molecule has 1 aliphatic carbocycles. The van der Waals surface area contributed by atoms with E-state index in [1.165, 1.54) is 18.2 Å². The van der Waals surface area contributed by atoms with Crippen LogP contribution in [0.2, 0.25) is 0 Å². The minimum Gasteiger partial charge on any atom is -0.512 e. The summed E-state index contributed by atoms with van der Waals surface area (Å²) in [4.78, 5) is 11.3. The first-order valence-corrected chi connectivity index (χ1v) is 6.91. The van der Waals surface area contributed by atoms with E-state index in [0.717, 1.165) is 24.8 Å². The van der Waals surface area contributed by atoms with E-state index < -0.39 is 11.7 Å². The standard InChI is InChI=1S/C16H19FN2O2/c1-10(5-8-15(20)11-3-2-4-11)19-14-9-12(17)6-7-13(14)16(18)21/h6-7,9,19-20H,1-5,8H2,(H2,18,21). The second kappa shape index (κ2) is 6.43. The fourth-order valence-electron chi connectivity index (χ4n) is 2.18. The maximum Gasteiger partial charge on any atom is 0.250 e. The van der Waals surface area contributed by atoms with Gasteiger partial charge >= 0.3 is 0 Å². The van der Waals surface area contributed by atoms with Gasteiger partial charge in [-0.05, 0) is 49.5 Å². The molecule has 1 fully saturated rings. The third kappa shape index (κ3) is 3.84. The summed E-state index contributed by atoms with van der Waals surface area (Å²) < 4.78 is 13.3. The Hall–Kier alpha value is -2.30. The number of carbonyl (C=O) groups is 1. The van der Waals surface area contributed by atoms with E-state index in [4.69, 9.17) is 5.73 Å². The molecule has 0 heterocycles. The van der Waals surface area contributed by atoms with E-state index in [2.05, 4.69) is 11.9 Å². The zero-order valence-electron chi connectivity index (χ0n) is 11.8. The largest absolute Gasteiger partial charge is 0.512 e. The molecule has 21 heavy (non-hydrogen) atoms. The zero-order chi connectivity index (χ0) is 15.4. The average molecular weight is 290 g/mol. The van der Waals surface area contributed by atoms with E-state index in [1.807, 2.05) is 0 Å². The van der Waals surface area contributed by atoms with Gasteiger partial charge in [0.1, 0.15) is 5.82 Å². The highest BCUT2D eigenvalue weighted by atomic mass is 19.1. The number of anilines is 1. The molecule has 4 nitrogen and oxygen atoms in total. The molecule has 112 valence electrons. The summed E-state index contributed by atoms with van der Waals surface area (Å²) in [6.45, 7) is 3.84. The number of benzene rings is 1. The van der Waals surface area contributed by atoms with Crippen molar-refractivity contribution in [2.24, 2.45) is 5.73 Å². The highest BCUT2D eigenvalue weighted by Gasteiger charge is 2.14. The van der Waals surface area contributed by atoms with Crippen LogP contribution in [0.1, 0.15) is 42.5 Å². The Balaban J connectivity index is 1.99. The number of primary amides is 1. The lowest BCUT2D eigenvalue weighted by Crippen LogP contribution is -2.14. The molecule has 0 radical (unpaired) electrons. The maximum absolute atomic E-state index is 13.3.